The minimum Gasteiger partial charge on any atom is -0.490 e. The van der Waals surface area contributed by atoms with Crippen LogP contribution < -0.4 is 20.1 Å². The summed E-state index contributed by atoms with van der Waals surface area (Å²) in [5.74, 6) is -1.36. The average molecular weight is 338 g/mol. The lowest BCUT2D eigenvalue weighted by Gasteiger charge is -2.13. The molecule has 1 aromatic carbocycles. The minimum atomic E-state index is -1.12. The summed E-state index contributed by atoms with van der Waals surface area (Å²) < 4.78 is 10.5. The molecule has 0 saturated heterocycles. The third-order valence-electron chi connectivity index (χ3n) is 2.72. The fourth-order valence-corrected chi connectivity index (χ4v) is 1.81. The number of carbonyl (C=O) groups is 3. The Morgan fingerprint density at radius 1 is 1.17 bits per heavy atom. The summed E-state index contributed by atoms with van der Waals surface area (Å²) in [6, 6.07) is 4.35. The molecule has 0 unspecified atom stereocenters. The molecule has 132 valence electrons. The van der Waals surface area contributed by atoms with Crippen LogP contribution in [0, 0.1) is 0 Å². The van der Waals surface area contributed by atoms with Crippen molar-refractivity contribution in [3.8, 4) is 11.5 Å². The van der Waals surface area contributed by atoms with Crippen molar-refractivity contribution in [2.24, 2.45) is 0 Å². The number of aliphatic carboxylic acids is 1. The van der Waals surface area contributed by atoms with Gasteiger partial charge < -0.3 is 25.2 Å². The van der Waals surface area contributed by atoms with Gasteiger partial charge in [-0.05, 0) is 39.0 Å². The predicted molar refractivity (Wildman–Crippen MR) is 86.4 cm³/mol. The van der Waals surface area contributed by atoms with Crippen LogP contribution in [0.15, 0.2) is 18.2 Å². The van der Waals surface area contributed by atoms with E-state index in [1.165, 1.54) is 18.2 Å². The molecule has 0 atom stereocenters. The number of carbonyl (C=O) groups excluding carboxylic acids is 2. The quantitative estimate of drug-likeness (QED) is 0.614. The van der Waals surface area contributed by atoms with Crippen molar-refractivity contribution in [3.05, 3.63) is 23.8 Å². The Hall–Kier alpha value is -2.77. The van der Waals surface area contributed by atoms with Gasteiger partial charge in [0.25, 0.3) is 5.91 Å². The van der Waals surface area contributed by atoms with Crippen molar-refractivity contribution < 1.29 is 29.0 Å². The molecule has 2 amide bonds. The lowest BCUT2D eigenvalue weighted by Crippen LogP contribution is -2.39. The number of hydrogen-bond acceptors (Lipinski definition) is 5. The molecule has 3 N–H and O–H groups in total. The van der Waals surface area contributed by atoms with Crippen LogP contribution in [0.3, 0.4) is 0 Å². The first-order valence-corrected chi connectivity index (χ1v) is 7.52. The third kappa shape index (κ3) is 6.55. The number of hydrogen-bond donors (Lipinski definition) is 3. The molecule has 1 aromatic rings. The van der Waals surface area contributed by atoms with Gasteiger partial charge in [-0.15, -0.1) is 0 Å². The van der Waals surface area contributed by atoms with Gasteiger partial charge >= 0.3 is 5.97 Å². The zero-order chi connectivity index (χ0) is 18.1. The molecular formula is C16H22N2O6. The highest BCUT2D eigenvalue weighted by Gasteiger charge is 2.13. The molecule has 0 aliphatic rings. The number of rotatable bonds is 9. The second-order valence-electron chi connectivity index (χ2n) is 5.18. The van der Waals surface area contributed by atoms with Crippen molar-refractivity contribution in [2.45, 2.75) is 26.8 Å². The van der Waals surface area contributed by atoms with Gasteiger partial charge in [0.15, 0.2) is 18.1 Å². The van der Waals surface area contributed by atoms with E-state index in [0.717, 1.165) is 0 Å². The van der Waals surface area contributed by atoms with E-state index in [9.17, 15) is 14.4 Å². The number of ether oxygens (including phenoxy) is 2. The molecule has 0 aliphatic heterocycles. The lowest BCUT2D eigenvalue weighted by atomic mass is 10.2. The normalized spacial score (nSPS) is 10.2. The molecule has 8 heteroatoms. The smallest absolute Gasteiger partial charge is 0.341 e. The van der Waals surface area contributed by atoms with E-state index in [0.29, 0.717) is 6.61 Å². The molecule has 0 aromatic heterocycles. The molecule has 0 heterocycles. The maximum absolute atomic E-state index is 12.1. The number of benzene rings is 1. The van der Waals surface area contributed by atoms with Gasteiger partial charge in [0.05, 0.1) is 13.2 Å². The summed E-state index contributed by atoms with van der Waals surface area (Å²) in [5, 5.41) is 13.8. The maximum atomic E-state index is 12.1. The van der Waals surface area contributed by atoms with Crippen LogP contribution >= 0.6 is 0 Å². The van der Waals surface area contributed by atoms with Crippen LogP contribution in [0.4, 0.5) is 0 Å². The van der Waals surface area contributed by atoms with Gasteiger partial charge in [-0.1, -0.05) is 0 Å². The highest BCUT2D eigenvalue weighted by Crippen LogP contribution is 2.28. The first-order chi connectivity index (χ1) is 11.3. The van der Waals surface area contributed by atoms with E-state index >= 15 is 0 Å². The van der Waals surface area contributed by atoms with E-state index in [1.807, 2.05) is 13.8 Å². The standard InChI is InChI=1S/C16H22N2O6/c1-4-23-13-7-11(5-6-12(13)24-9-15(20)21)16(22)17-8-14(19)18-10(2)3/h5-7,10H,4,8-9H2,1-3H3,(H,17,22)(H,18,19)(H,20,21). The minimum absolute atomic E-state index is 0.00961. The average Bonchev–Trinajstić information content (AvgIpc) is 2.50. The topological polar surface area (TPSA) is 114 Å². The van der Waals surface area contributed by atoms with E-state index < -0.39 is 18.5 Å². The Kier molecular flexibility index (Phi) is 7.54. The van der Waals surface area contributed by atoms with Gasteiger partial charge in [0.2, 0.25) is 5.91 Å². The molecule has 8 nitrogen and oxygen atoms in total. The van der Waals surface area contributed by atoms with E-state index in [2.05, 4.69) is 10.6 Å². The highest BCUT2D eigenvalue weighted by molar-refractivity contribution is 5.97. The Labute approximate surface area is 140 Å². The van der Waals surface area contributed by atoms with Crippen LogP contribution in [-0.2, 0) is 9.59 Å². The first-order valence-electron chi connectivity index (χ1n) is 7.52. The maximum Gasteiger partial charge on any atom is 0.341 e. The zero-order valence-electron chi connectivity index (χ0n) is 13.9. The Balaban J connectivity index is 2.76. The Bertz CT molecular complexity index is 600. The third-order valence-corrected chi connectivity index (χ3v) is 2.72. The summed E-state index contributed by atoms with van der Waals surface area (Å²) in [5.41, 5.74) is 0.276. The monoisotopic (exact) mass is 338 g/mol. The Morgan fingerprint density at radius 2 is 1.88 bits per heavy atom. The van der Waals surface area contributed by atoms with Crippen molar-refractivity contribution in [3.63, 3.8) is 0 Å². The summed E-state index contributed by atoms with van der Waals surface area (Å²) in [4.78, 5) is 34.2. The van der Waals surface area contributed by atoms with Gasteiger partial charge in [0.1, 0.15) is 0 Å². The van der Waals surface area contributed by atoms with E-state index in [1.54, 1.807) is 6.92 Å². The highest BCUT2D eigenvalue weighted by atomic mass is 16.5. The van der Waals surface area contributed by atoms with Crippen LogP contribution in [0.5, 0.6) is 11.5 Å². The SMILES string of the molecule is CCOc1cc(C(=O)NCC(=O)NC(C)C)ccc1OCC(=O)O. The molecule has 0 radical (unpaired) electrons. The second kappa shape index (κ2) is 9.39. The molecule has 24 heavy (non-hydrogen) atoms. The number of carboxylic acids is 1. The summed E-state index contributed by atoms with van der Waals surface area (Å²) >= 11 is 0. The van der Waals surface area contributed by atoms with Crippen molar-refractivity contribution in [1.29, 1.82) is 0 Å². The molecule has 0 spiro atoms. The molecule has 1 rings (SSSR count). The van der Waals surface area contributed by atoms with E-state index in [-0.39, 0.29) is 35.6 Å². The van der Waals surface area contributed by atoms with Crippen LogP contribution in [0.2, 0.25) is 0 Å². The molecule has 0 aliphatic carbocycles. The molecule has 0 fully saturated rings. The Morgan fingerprint density at radius 3 is 2.46 bits per heavy atom. The summed E-state index contributed by atoms with van der Waals surface area (Å²) in [7, 11) is 0. The first kappa shape index (κ1) is 19.3. The van der Waals surface area contributed by atoms with Gasteiger partial charge in [-0.25, -0.2) is 4.79 Å². The number of carboxylic acid groups (broad SMARTS) is 1. The molecule has 0 saturated carbocycles. The molecular weight excluding hydrogens is 316 g/mol. The van der Waals surface area contributed by atoms with Crippen molar-refractivity contribution in [1.82, 2.24) is 10.6 Å². The lowest BCUT2D eigenvalue weighted by molar-refractivity contribution is -0.139. The van der Waals surface area contributed by atoms with Crippen LogP contribution in [-0.4, -0.2) is 48.7 Å². The van der Waals surface area contributed by atoms with Gasteiger partial charge in [-0.3, -0.25) is 9.59 Å². The van der Waals surface area contributed by atoms with Crippen LogP contribution in [0.1, 0.15) is 31.1 Å². The second-order valence-corrected chi connectivity index (χ2v) is 5.18. The summed E-state index contributed by atoms with van der Waals surface area (Å²) in [6.45, 7) is 5.07. The number of amides is 2. The van der Waals surface area contributed by atoms with E-state index in [4.69, 9.17) is 14.6 Å². The fraction of sp³-hybridized carbons (Fsp3) is 0.438. The van der Waals surface area contributed by atoms with Crippen molar-refractivity contribution >= 4 is 17.8 Å². The van der Waals surface area contributed by atoms with Crippen LogP contribution in [0.25, 0.3) is 0 Å². The van der Waals surface area contributed by atoms with Gasteiger partial charge in [-0.2, -0.15) is 0 Å². The van der Waals surface area contributed by atoms with Crippen molar-refractivity contribution in [2.75, 3.05) is 19.8 Å². The molecule has 0 bridgehead atoms. The fourth-order valence-electron chi connectivity index (χ4n) is 1.81. The largest absolute Gasteiger partial charge is 0.490 e. The van der Waals surface area contributed by atoms with Gasteiger partial charge in [0, 0.05) is 11.6 Å². The number of nitrogens with one attached hydrogen (secondary N) is 2. The zero-order valence-corrected chi connectivity index (χ0v) is 13.9. The predicted octanol–water partition coefficient (Wildman–Crippen LogP) is 0.803. The summed E-state index contributed by atoms with van der Waals surface area (Å²) in [6.07, 6.45) is 0.